The van der Waals surface area contributed by atoms with Crippen LogP contribution in [0, 0.1) is 25.6 Å². The molecule has 4 rings (SSSR count). The van der Waals surface area contributed by atoms with E-state index in [1.807, 2.05) is 50.3 Å². The number of carbonyl (C=O) groups excluding carboxylic acids is 2. The SMILES string of the molecule is CC[S+]([O-])Nc1ccc(Oc2c(C)cc(F)cc2C)c(/C(=C/N(C)C=O)C2C=C(C(=O)Nc3ccc(C(C)C)cc3)NC2C)c1. The summed E-state index contributed by atoms with van der Waals surface area (Å²) in [5, 5.41) is 6.26. The van der Waals surface area contributed by atoms with Crippen molar-refractivity contribution in [3.63, 3.8) is 0 Å². The Balaban J connectivity index is 1.77. The standard InChI is InChI=1S/C35H41FN4O4S/c1-8-45(43)39-28-13-14-33(44-34-22(4)15-26(36)16-23(34)5)30(17-28)31(19-40(7)20-41)29-18-32(37-24(29)6)35(42)38-27-11-9-25(10-12-27)21(2)3/h9-21,24,29,37,39H,8H2,1-7H3,(H,38,42)/b31-19+. The van der Waals surface area contributed by atoms with E-state index in [0.717, 1.165) is 0 Å². The number of amides is 2. The summed E-state index contributed by atoms with van der Waals surface area (Å²) >= 11 is -1.31. The molecule has 3 aromatic carbocycles. The lowest BCUT2D eigenvalue weighted by molar-refractivity contribution is -0.115. The van der Waals surface area contributed by atoms with Gasteiger partial charge in [-0.25, -0.2) is 9.11 Å². The summed E-state index contributed by atoms with van der Waals surface area (Å²) in [5.74, 6) is 0.748. The molecule has 3 unspecified atom stereocenters. The van der Waals surface area contributed by atoms with Crippen molar-refractivity contribution < 1.29 is 23.3 Å². The van der Waals surface area contributed by atoms with Gasteiger partial charge in [0.05, 0.1) is 22.7 Å². The van der Waals surface area contributed by atoms with Gasteiger partial charge in [-0.3, -0.25) is 9.59 Å². The quantitative estimate of drug-likeness (QED) is 0.147. The summed E-state index contributed by atoms with van der Waals surface area (Å²) in [6.45, 7) is 11.5. The second kappa shape index (κ2) is 14.7. The number of aryl methyl sites for hydroxylation is 2. The topological polar surface area (TPSA) is 106 Å². The summed E-state index contributed by atoms with van der Waals surface area (Å²) < 4.78 is 36.0. The Kier molecular flexibility index (Phi) is 11.0. The van der Waals surface area contributed by atoms with E-state index in [1.165, 1.54) is 22.6 Å². The summed E-state index contributed by atoms with van der Waals surface area (Å²) in [6.07, 6.45) is 4.23. The molecule has 0 saturated heterocycles. The molecule has 1 heterocycles. The first-order chi connectivity index (χ1) is 21.4. The van der Waals surface area contributed by atoms with Crippen LogP contribution in [-0.2, 0) is 21.0 Å². The largest absolute Gasteiger partial charge is 0.593 e. The monoisotopic (exact) mass is 632 g/mol. The van der Waals surface area contributed by atoms with Gasteiger partial charge >= 0.3 is 0 Å². The van der Waals surface area contributed by atoms with Crippen LogP contribution in [-0.4, -0.2) is 40.6 Å². The van der Waals surface area contributed by atoms with Crippen LogP contribution in [0.1, 0.15) is 55.9 Å². The lowest BCUT2D eigenvalue weighted by Gasteiger charge is -2.24. The van der Waals surface area contributed by atoms with Gasteiger partial charge in [-0.2, -0.15) is 0 Å². The molecule has 3 N–H and O–H groups in total. The van der Waals surface area contributed by atoms with Crippen LogP contribution in [0.5, 0.6) is 11.5 Å². The number of carbonyl (C=O) groups is 2. The normalized spacial score (nSPS) is 16.9. The Morgan fingerprint density at radius 3 is 2.36 bits per heavy atom. The van der Waals surface area contributed by atoms with Crippen molar-refractivity contribution in [3.05, 3.63) is 101 Å². The van der Waals surface area contributed by atoms with Gasteiger partial charge in [0.1, 0.15) is 23.1 Å². The highest BCUT2D eigenvalue weighted by atomic mass is 32.2. The molecule has 2 amide bonds. The van der Waals surface area contributed by atoms with Gasteiger partial charge in [-0.1, -0.05) is 26.0 Å². The molecule has 10 heteroatoms. The van der Waals surface area contributed by atoms with Gasteiger partial charge in [0.15, 0.2) is 0 Å². The van der Waals surface area contributed by atoms with Crippen LogP contribution in [0.4, 0.5) is 15.8 Å². The van der Waals surface area contributed by atoms with Crippen LogP contribution in [0.3, 0.4) is 0 Å². The fourth-order valence-electron chi connectivity index (χ4n) is 5.22. The van der Waals surface area contributed by atoms with E-state index in [2.05, 4.69) is 29.2 Å². The molecular formula is C35H41FN4O4S. The molecule has 8 nitrogen and oxygen atoms in total. The maximum absolute atomic E-state index is 14.1. The van der Waals surface area contributed by atoms with Gasteiger partial charge < -0.3 is 24.8 Å². The second-order valence-electron chi connectivity index (χ2n) is 11.5. The zero-order valence-corrected chi connectivity index (χ0v) is 27.6. The summed E-state index contributed by atoms with van der Waals surface area (Å²) in [6, 6.07) is 15.7. The zero-order valence-electron chi connectivity index (χ0n) is 26.7. The molecule has 0 aliphatic carbocycles. The molecule has 238 valence electrons. The molecule has 0 radical (unpaired) electrons. The molecule has 3 aromatic rings. The molecule has 1 aliphatic rings. The maximum atomic E-state index is 14.1. The van der Waals surface area contributed by atoms with Crippen molar-refractivity contribution in [2.75, 3.05) is 22.8 Å². The van der Waals surface area contributed by atoms with Crippen LogP contribution in [0.25, 0.3) is 5.57 Å². The third-order valence-electron chi connectivity index (χ3n) is 7.64. The highest BCUT2D eigenvalue weighted by molar-refractivity contribution is 7.92. The van der Waals surface area contributed by atoms with E-state index in [9.17, 15) is 18.5 Å². The second-order valence-corrected chi connectivity index (χ2v) is 13.0. The van der Waals surface area contributed by atoms with Crippen LogP contribution >= 0.6 is 0 Å². The van der Waals surface area contributed by atoms with Crippen LogP contribution < -0.4 is 20.1 Å². The predicted molar refractivity (Wildman–Crippen MR) is 180 cm³/mol. The fraction of sp³-hybridized carbons (Fsp3) is 0.314. The van der Waals surface area contributed by atoms with Crippen molar-refractivity contribution in [3.8, 4) is 11.5 Å². The molecular weight excluding hydrogens is 591 g/mol. The van der Waals surface area contributed by atoms with Crippen LogP contribution in [0.15, 0.2) is 72.6 Å². The predicted octanol–water partition coefficient (Wildman–Crippen LogP) is 7.01. The van der Waals surface area contributed by atoms with Gasteiger partial charge in [0.2, 0.25) is 6.41 Å². The molecule has 0 aromatic heterocycles. The summed E-state index contributed by atoms with van der Waals surface area (Å²) in [7, 11) is 1.63. The van der Waals surface area contributed by atoms with E-state index in [4.69, 9.17) is 4.74 Å². The smallest absolute Gasteiger partial charge is 0.271 e. The minimum absolute atomic E-state index is 0.232. The molecule has 0 bridgehead atoms. The van der Waals surface area contributed by atoms with E-state index < -0.39 is 11.4 Å². The Bertz CT molecular complexity index is 1580. The summed E-state index contributed by atoms with van der Waals surface area (Å²) in [4.78, 5) is 26.6. The molecule has 3 atom stereocenters. The highest BCUT2D eigenvalue weighted by Gasteiger charge is 2.32. The Morgan fingerprint density at radius 2 is 1.76 bits per heavy atom. The van der Waals surface area contributed by atoms with E-state index in [-0.39, 0.29) is 23.7 Å². The molecule has 1 aliphatic heterocycles. The minimum atomic E-state index is -1.31. The first kappa shape index (κ1) is 33.6. The van der Waals surface area contributed by atoms with Gasteiger partial charge in [-0.15, -0.1) is 0 Å². The van der Waals surface area contributed by atoms with Crippen molar-refractivity contribution in [2.45, 2.75) is 53.5 Å². The van der Waals surface area contributed by atoms with Crippen molar-refractivity contribution in [2.24, 2.45) is 5.92 Å². The first-order valence-corrected chi connectivity index (χ1v) is 16.2. The van der Waals surface area contributed by atoms with Crippen molar-refractivity contribution >= 4 is 40.6 Å². The molecule has 45 heavy (non-hydrogen) atoms. The number of hydrogen-bond donors (Lipinski definition) is 3. The first-order valence-electron chi connectivity index (χ1n) is 14.9. The number of benzene rings is 3. The highest BCUT2D eigenvalue weighted by Crippen LogP contribution is 2.41. The fourth-order valence-corrected chi connectivity index (χ4v) is 5.76. The molecule has 0 fully saturated rings. The molecule has 0 saturated carbocycles. The molecule has 0 spiro atoms. The Labute approximate surface area is 268 Å². The van der Waals surface area contributed by atoms with E-state index in [1.54, 1.807) is 39.2 Å². The number of hydrogen-bond acceptors (Lipinski definition) is 6. The Morgan fingerprint density at radius 1 is 1.11 bits per heavy atom. The average Bonchev–Trinajstić information content (AvgIpc) is 3.39. The van der Waals surface area contributed by atoms with Gasteiger partial charge in [0, 0.05) is 36.5 Å². The van der Waals surface area contributed by atoms with Gasteiger partial charge in [0.25, 0.3) is 5.91 Å². The third kappa shape index (κ3) is 8.26. The Hall–Kier alpha value is -4.28. The van der Waals surface area contributed by atoms with E-state index >= 15 is 0 Å². The van der Waals surface area contributed by atoms with E-state index in [0.29, 0.717) is 68.9 Å². The van der Waals surface area contributed by atoms with Crippen molar-refractivity contribution in [1.29, 1.82) is 0 Å². The minimum Gasteiger partial charge on any atom is -0.593 e. The third-order valence-corrected chi connectivity index (χ3v) is 8.63. The lowest BCUT2D eigenvalue weighted by Crippen LogP contribution is -2.30. The number of halogens is 1. The maximum Gasteiger partial charge on any atom is 0.271 e. The van der Waals surface area contributed by atoms with Crippen molar-refractivity contribution in [1.82, 2.24) is 10.2 Å². The van der Waals surface area contributed by atoms with Gasteiger partial charge in [-0.05, 0) is 104 Å². The average molecular weight is 633 g/mol. The van der Waals surface area contributed by atoms with Crippen LogP contribution in [0.2, 0.25) is 0 Å². The zero-order chi connectivity index (χ0) is 32.8. The lowest BCUT2D eigenvalue weighted by atomic mass is 9.88. The number of rotatable bonds is 12. The number of nitrogens with zero attached hydrogens (tertiary/aromatic N) is 1. The number of nitrogens with one attached hydrogen (secondary N) is 3. The number of anilines is 2. The summed E-state index contributed by atoms with van der Waals surface area (Å²) in [5.41, 5.74) is 5.40. The number of ether oxygens (including phenoxy) is 1.